The maximum Gasteiger partial charge on any atom is 0.382 e. The Balaban J connectivity index is 2.86. The summed E-state index contributed by atoms with van der Waals surface area (Å²) in [5, 5.41) is 0. The van der Waals surface area contributed by atoms with Crippen LogP contribution in [0, 0.1) is 5.41 Å². The second-order valence-corrected chi connectivity index (χ2v) is 3.62. The molecule has 0 atom stereocenters. The van der Waals surface area contributed by atoms with Gasteiger partial charge in [-0.05, 0) is 12.3 Å². The van der Waals surface area contributed by atoms with Crippen molar-refractivity contribution in [1.82, 2.24) is 0 Å². The zero-order chi connectivity index (χ0) is 8.48. The van der Waals surface area contributed by atoms with E-state index in [0.717, 1.165) is 5.57 Å². The number of rotatable bonds is 1. The average molecular weight is 154 g/mol. The van der Waals surface area contributed by atoms with Gasteiger partial charge >= 0.3 is 5.95 Å². The molecule has 0 saturated carbocycles. The number of hydrogen-bond acceptors (Lipinski definition) is 2. The van der Waals surface area contributed by atoms with Crippen molar-refractivity contribution in [2.24, 2.45) is 5.41 Å². The third kappa shape index (κ3) is 2.00. The zero-order valence-electron chi connectivity index (χ0n) is 7.47. The first kappa shape index (κ1) is 8.18. The lowest BCUT2D eigenvalue weighted by Crippen LogP contribution is -2.07. The van der Waals surface area contributed by atoms with Gasteiger partial charge in [0.2, 0.25) is 0 Å². The van der Waals surface area contributed by atoms with Gasteiger partial charge in [-0.2, -0.15) is 0 Å². The van der Waals surface area contributed by atoms with Crippen LogP contribution < -0.4 is 0 Å². The highest BCUT2D eigenvalue weighted by atomic mass is 17.4. The van der Waals surface area contributed by atoms with Crippen LogP contribution in [0.5, 0.6) is 0 Å². The smallest absolute Gasteiger partial charge is 0.242 e. The van der Waals surface area contributed by atoms with Crippen molar-refractivity contribution in [3.8, 4) is 0 Å². The van der Waals surface area contributed by atoms with Crippen LogP contribution in [0.25, 0.3) is 0 Å². The van der Waals surface area contributed by atoms with Crippen molar-refractivity contribution in [3.63, 3.8) is 0 Å². The molecule has 1 aliphatic heterocycles. The van der Waals surface area contributed by atoms with Gasteiger partial charge in [0, 0.05) is 5.57 Å². The predicted octanol–water partition coefficient (Wildman–Crippen LogP) is 2.78. The quantitative estimate of drug-likeness (QED) is 0.428. The van der Waals surface area contributed by atoms with Crippen LogP contribution in [-0.4, -0.2) is 0 Å². The summed E-state index contributed by atoms with van der Waals surface area (Å²) in [6.07, 6.45) is 4.00. The highest BCUT2D eigenvalue weighted by molar-refractivity contribution is 5.26. The van der Waals surface area contributed by atoms with Crippen LogP contribution >= 0.6 is 0 Å². The molecule has 0 aromatic heterocycles. The molecule has 1 saturated heterocycles. The lowest BCUT2D eigenvalue weighted by atomic mass is 9.87. The third-order valence-corrected chi connectivity index (χ3v) is 1.53. The van der Waals surface area contributed by atoms with Crippen molar-refractivity contribution in [2.75, 3.05) is 0 Å². The molecule has 0 aromatic carbocycles. The Labute approximate surface area is 67.4 Å². The second kappa shape index (κ2) is 2.61. The number of allylic oxidation sites excluding steroid dienone is 3. The van der Waals surface area contributed by atoms with Gasteiger partial charge in [-0.3, -0.25) is 0 Å². The minimum Gasteiger partial charge on any atom is -0.242 e. The average Bonchev–Trinajstić information content (AvgIpc) is 2.61. The normalized spacial score (nSPS) is 16.2. The third-order valence-electron chi connectivity index (χ3n) is 1.53. The molecule has 1 heterocycles. The molecule has 0 radical (unpaired) electrons. The Bertz CT molecular complexity index is 200. The summed E-state index contributed by atoms with van der Waals surface area (Å²) in [5.41, 5.74) is 1.21. The molecule has 1 aliphatic rings. The highest BCUT2D eigenvalue weighted by Crippen LogP contribution is 2.35. The summed E-state index contributed by atoms with van der Waals surface area (Å²) in [4.78, 5) is 9.36. The highest BCUT2D eigenvalue weighted by Gasteiger charge is 2.30. The summed E-state index contributed by atoms with van der Waals surface area (Å²) in [5.74, 6) is 0.663. The first-order valence-electron chi connectivity index (χ1n) is 3.77. The minimum atomic E-state index is 0.0956. The molecular formula is C9H14O2. The Hall–Kier alpha value is -0.920. The van der Waals surface area contributed by atoms with Gasteiger partial charge in [0.15, 0.2) is 0 Å². The van der Waals surface area contributed by atoms with Gasteiger partial charge in [-0.15, -0.1) is 0 Å². The van der Waals surface area contributed by atoms with Crippen LogP contribution in [0.4, 0.5) is 0 Å². The van der Waals surface area contributed by atoms with E-state index < -0.39 is 0 Å². The minimum absolute atomic E-state index is 0.0956. The van der Waals surface area contributed by atoms with Crippen LogP contribution in [-0.2, 0) is 9.78 Å². The molecule has 62 valence electrons. The van der Waals surface area contributed by atoms with E-state index in [0.29, 0.717) is 5.95 Å². The molecule has 0 spiro atoms. The molecule has 2 heteroatoms. The van der Waals surface area contributed by atoms with Gasteiger partial charge in [-0.1, -0.05) is 32.9 Å². The lowest BCUT2D eigenvalue weighted by Gasteiger charge is -2.16. The van der Waals surface area contributed by atoms with Gasteiger partial charge < -0.3 is 0 Å². The lowest BCUT2D eigenvalue weighted by molar-refractivity contribution is 0.0850. The SMILES string of the molecule is C/C=C/C(=C1OO1)C(C)(C)C. The Morgan fingerprint density at radius 3 is 2.09 bits per heavy atom. The first-order chi connectivity index (χ1) is 5.05. The monoisotopic (exact) mass is 154 g/mol. The molecule has 0 aliphatic carbocycles. The van der Waals surface area contributed by atoms with E-state index in [1.54, 1.807) is 0 Å². The van der Waals surface area contributed by atoms with Crippen molar-refractivity contribution >= 4 is 0 Å². The van der Waals surface area contributed by atoms with E-state index in [1.165, 1.54) is 0 Å². The molecular weight excluding hydrogens is 140 g/mol. The molecule has 1 fully saturated rings. The van der Waals surface area contributed by atoms with Gasteiger partial charge in [0.25, 0.3) is 0 Å². The van der Waals surface area contributed by atoms with Crippen LogP contribution in [0.15, 0.2) is 23.7 Å². The first-order valence-corrected chi connectivity index (χ1v) is 3.77. The molecule has 0 N–H and O–H groups in total. The van der Waals surface area contributed by atoms with E-state index in [1.807, 2.05) is 19.1 Å². The van der Waals surface area contributed by atoms with E-state index >= 15 is 0 Å². The van der Waals surface area contributed by atoms with Crippen molar-refractivity contribution in [2.45, 2.75) is 27.7 Å². The fourth-order valence-electron chi connectivity index (χ4n) is 0.902. The van der Waals surface area contributed by atoms with Crippen molar-refractivity contribution < 1.29 is 9.78 Å². The van der Waals surface area contributed by atoms with Crippen molar-refractivity contribution in [1.29, 1.82) is 0 Å². The summed E-state index contributed by atoms with van der Waals surface area (Å²) in [6.45, 7) is 8.36. The van der Waals surface area contributed by atoms with Gasteiger partial charge in [0.05, 0.1) is 0 Å². The summed E-state index contributed by atoms with van der Waals surface area (Å²) in [6, 6.07) is 0. The number of hydrogen-bond donors (Lipinski definition) is 0. The van der Waals surface area contributed by atoms with Crippen molar-refractivity contribution in [3.05, 3.63) is 23.7 Å². The standard InChI is InChI=1S/C9H14O2/c1-5-6-7(8-10-11-8)9(2,3)4/h5-6H,1-4H3/b6-5+. The molecule has 11 heavy (non-hydrogen) atoms. The molecule has 2 nitrogen and oxygen atoms in total. The molecule has 1 rings (SSSR count). The molecule has 0 unspecified atom stereocenters. The Morgan fingerprint density at radius 2 is 1.82 bits per heavy atom. The zero-order valence-corrected chi connectivity index (χ0v) is 7.47. The molecule has 0 bridgehead atoms. The van der Waals surface area contributed by atoms with Crippen LogP contribution in [0.1, 0.15) is 27.7 Å². The second-order valence-electron chi connectivity index (χ2n) is 3.62. The maximum atomic E-state index is 4.68. The topological polar surface area (TPSA) is 25.1 Å². The summed E-state index contributed by atoms with van der Waals surface area (Å²) < 4.78 is 0. The Kier molecular flexibility index (Phi) is 1.94. The van der Waals surface area contributed by atoms with Gasteiger partial charge in [-0.25, -0.2) is 9.78 Å². The summed E-state index contributed by atoms with van der Waals surface area (Å²) in [7, 11) is 0. The van der Waals surface area contributed by atoms with Crippen LogP contribution in [0.3, 0.4) is 0 Å². The van der Waals surface area contributed by atoms with E-state index in [9.17, 15) is 0 Å². The van der Waals surface area contributed by atoms with Gasteiger partial charge in [0.1, 0.15) is 0 Å². The largest absolute Gasteiger partial charge is 0.382 e. The predicted molar refractivity (Wildman–Crippen MR) is 43.5 cm³/mol. The molecule has 0 amide bonds. The van der Waals surface area contributed by atoms with E-state index in [4.69, 9.17) is 0 Å². The van der Waals surface area contributed by atoms with E-state index in [-0.39, 0.29) is 5.41 Å². The molecule has 0 aromatic rings. The Morgan fingerprint density at radius 1 is 1.27 bits per heavy atom. The summed E-state index contributed by atoms with van der Waals surface area (Å²) >= 11 is 0. The fraction of sp³-hybridized carbons (Fsp3) is 0.556. The maximum absolute atomic E-state index is 4.68. The fourth-order valence-corrected chi connectivity index (χ4v) is 0.902. The van der Waals surface area contributed by atoms with E-state index in [2.05, 4.69) is 30.5 Å². The van der Waals surface area contributed by atoms with Crippen LogP contribution in [0.2, 0.25) is 0 Å².